The Morgan fingerprint density at radius 1 is 1.00 bits per heavy atom. The Morgan fingerprint density at radius 3 is 2.38 bits per heavy atom. The molecular weight excluding hydrogens is 303 g/mol. The zero-order valence-electron chi connectivity index (χ0n) is 13.8. The maximum absolute atomic E-state index is 13.6. The Balaban J connectivity index is 1.59. The third-order valence-electron chi connectivity index (χ3n) is 4.36. The Labute approximate surface area is 142 Å². The number of amides is 1. The molecule has 0 radical (unpaired) electrons. The number of aryl methyl sites for hydroxylation is 1. The first kappa shape index (κ1) is 16.2. The number of carbonyl (C=O) groups excluding carboxylic acids is 1. The van der Waals surface area contributed by atoms with Gasteiger partial charge in [-0.1, -0.05) is 36.4 Å². The standard InChI is InChI=1S/C20H21FN2O/c1-16-6-2-5-9-19(16)22-12-14-23(15-13-22)20(24)11-10-17-7-3-4-8-18(17)21/h2-11H,12-15H2,1H3/b11-10+. The van der Waals surface area contributed by atoms with Crippen molar-refractivity contribution in [3.63, 3.8) is 0 Å². The number of halogens is 1. The topological polar surface area (TPSA) is 23.6 Å². The van der Waals surface area contributed by atoms with Crippen LogP contribution < -0.4 is 4.90 Å². The first-order valence-electron chi connectivity index (χ1n) is 8.17. The van der Waals surface area contributed by atoms with Crippen molar-refractivity contribution < 1.29 is 9.18 Å². The summed E-state index contributed by atoms with van der Waals surface area (Å²) in [7, 11) is 0. The summed E-state index contributed by atoms with van der Waals surface area (Å²) >= 11 is 0. The van der Waals surface area contributed by atoms with Crippen LogP contribution in [0, 0.1) is 12.7 Å². The van der Waals surface area contributed by atoms with Gasteiger partial charge >= 0.3 is 0 Å². The van der Waals surface area contributed by atoms with E-state index >= 15 is 0 Å². The molecule has 1 amide bonds. The first-order chi connectivity index (χ1) is 11.6. The van der Waals surface area contributed by atoms with E-state index in [-0.39, 0.29) is 11.7 Å². The maximum atomic E-state index is 13.6. The Kier molecular flexibility index (Phi) is 4.94. The van der Waals surface area contributed by atoms with E-state index in [1.807, 2.05) is 17.0 Å². The van der Waals surface area contributed by atoms with Gasteiger partial charge in [-0.05, 0) is 30.7 Å². The molecule has 0 spiro atoms. The smallest absolute Gasteiger partial charge is 0.246 e. The largest absolute Gasteiger partial charge is 0.368 e. The number of carbonyl (C=O) groups is 1. The number of hydrogen-bond acceptors (Lipinski definition) is 2. The minimum absolute atomic E-state index is 0.0670. The Bertz CT molecular complexity index is 749. The average molecular weight is 324 g/mol. The van der Waals surface area contributed by atoms with Gasteiger partial charge in [-0.3, -0.25) is 4.79 Å². The monoisotopic (exact) mass is 324 g/mol. The quantitative estimate of drug-likeness (QED) is 0.807. The van der Waals surface area contributed by atoms with Crippen LogP contribution in [-0.4, -0.2) is 37.0 Å². The second-order valence-electron chi connectivity index (χ2n) is 5.95. The number of benzene rings is 2. The molecule has 3 nitrogen and oxygen atoms in total. The molecule has 4 heteroatoms. The fourth-order valence-electron chi connectivity index (χ4n) is 2.96. The third-order valence-corrected chi connectivity index (χ3v) is 4.36. The molecule has 24 heavy (non-hydrogen) atoms. The van der Waals surface area contributed by atoms with Gasteiger partial charge in [0.25, 0.3) is 0 Å². The van der Waals surface area contributed by atoms with Crippen LogP contribution in [-0.2, 0) is 4.79 Å². The van der Waals surface area contributed by atoms with E-state index in [0.29, 0.717) is 18.7 Å². The zero-order valence-corrected chi connectivity index (χ0v) is 13.8. The lowest BCUT2D eigenvalue weighted by molar-refractivity contribution is -0.126. The molecule has 0 aromatic heterocycles. The molecule has 1 aliphatic rings. The van der Waals surface area contributed by atoms with Crippen molar-refractivity contribution in [1.29, 1.82) is 0 Å². The van der Waals surface area contributed by atoms with Crippen LogP contribution >= 0.6 is 0 Å². The van der Waals surface area contributed by atoms with E-state index in [0.717, 1.165) is 13.1 Å². The van der Waals surface area contributed by atoms with Gasteiger partial charge in [0.1, 0.15) is 5.82 Å². The molecule has 2 aromatic carbocycles. The summed E-state index contributed by atoms with van der Waals surface area (Å²) in [6.07, 6.45) is 3.01. The molecule has 1 fully saturated rings. The van der Waals surface area contributed by atoms with Crippen molar-refractivity contribution in [3.8, 4) is 0 Å². The van der Waals surface area contributed by atoms with Crippen LogP contribution in [0.4, 0.5) is 10.1 Å². The summed E-state index contributed by atoms with van der Waals surface area (Å²) in [6.45, 7) is 5.07. The molecular formula is C20H21FN2O. The van der Waals surface area contributed by atoms with Gasteiger partial charge < -0.3 is 9.80 Å². The summed E-state index contributed by atoms with van der Waals surface area (Å²) in [6, 6.07) is 14.7. The summed E-state index contributed by atoms with van der Waals surface area (Å²) in [4.78, 5) is 16.4. The van der Waals surface area contributed by atoms with Crippen molar-refractivity contribution in [2.24, 2.45) is 0 Å². The van der Waals surface area contributed by atoms with Crippen molar-refractivity contribution in [3.05, 3.63) is 71.6 Å². The lowest BCUT2D eigenvalue weighted by Crippen LogP contribution is -2.48. The molecule has 0 unspecified atom stereocenters. The molecule has 124 valence electrons. The van der Waals surface area contributed by atoms with Gasteiger partial charge in [0, 0.05) is 43.5 Å². The molecule has 1 aliphatic heterocycles. The van der Waals surface area contributed by atoms with Crippen molar-refractivity contribution in [1.82, 2.24) is 4.90 Å². The second kappa shape index (κ2) is 7.30. The van der Waals surface area contributed by atoms with E-state index in [9.17, 15) is 9.18 Å². The predicted octanol–water partition coefficient (Wildman–Crippen LogP) is 3.50. The van der Waals surface area contributed by atoms with E-state index in [1.165, 1.54) is 23.4 Å². The van der Waals surface area contributed by atoms with Crippen LogP contribution in [0.25, 0.3) is 6.08 Å². The zero-order chi connectivity index (χ0) is 16.9. The molecule has 3 rings (SSSR count). The summed E-state index contributed by atoms with van der Waals surface area (Å²) in [5.74, 6) is -0.381. The average Bonchev–Trinajstić information content (AvgIpc) is 2.61. The van der Waals surface area contributed by atoms with Gasteiger partial charge in [0.2, 0.25) is 5.91 Å². The van der Waals surface area contributed by atoms with Gasteiger partial charge in [-0.25, -0.2) is 4.39 Å². The highest BCUT2D eigenvalue weighted by atomic mass is 19.1. The molecule has 0 atom stereocenters. The molecule has 1 saturated heterocycles. The molecule has 1 heterocycles. The SMILES string of the molecule is Cc1ccccc1N1CCN(C(=O)/C=C/c2ccccc2F)CC1. The van der Waals surface area contributed by atoms with Crippen molar-refractivity contribution >= 4 is 17.7 Å². The lowest BCUT2D eigenvalue weighted by Gasteiger charge is -2.36. The van der Waals surface area contributed by atoms with Gasteiger partial charge in [0.05, 0.1) is 0 Å². The van der Waals surface area contributed by atoms with Crippen LogP contribution in [0.1, 0.15) is 11.1 Å². The minimum atomic E-state index is -0.314. The van der Waals surface area contributed by atoms with Crippen LogP contribution in [0.5, 0.6) is 0 Å². The number of anilines is 1. The lowest BCUT2D eigenvalue weighted by atomic mass is 10.1. The predicted molar refractivity (Wildman–Crippen MR) is 95.4 cm³/mol. The number of piperazine rings is 1. The van der Waals surface area contributed by atoms with E-state index in [2.05, 4.69) is 24.0 Å². The summed E-state index contributed by atoms with van der Waals surface area (Å²) in [5.41, 5.74) is 2.91. The minimum Gasteiger partial charge on any atom is -0.368 e. The molecule has 0 aliphatic carbocycles. The number of hydrogen-bond donors (Lipinski definition) is 0. The van der Waals surface area contributed by atoms with Crippen LogP contribution in [0.3, 0.4) is 0 Å². The maximum Gasteiger partial charge on any atom is 0.246 e. The van der Waals surface area contributed by atoms with Crippen LogP contribution in [0.2, 0.25) is 0 Å². The fraction of sp³-hybridized carbons (Fsp3) is 0.250. The van der Waals surface area contributed by atoms with Gasteiger partial charge in [0.15, 0.2) is 0 Å². The van der Waals surface area contributed by atoms with Gasteiger partial charge in [-0.2, -0.15) is 0 Å². The second-order valence-corrected chi connectivity index (χ2v) is 5.95. The van der Waals surface area contributed by atoms with Crippen molar-refractivity contribution in [2.45, 2.75) is 6.92 Å². The van der Waals surface area contributed by atoms with E-state index in [1.54, 1.807) is 24.3 Å². The molecule has 0 bridgehead atoms. The van der Waals surface area contributed by atoms with E-state index in [4.69, 9.17) is 0 Å². The third kappa shape index (κ3) is 3.65. The Morgan fingerprint density at radius 2 is 1.67 bits per heavy atom. The molecule has 0 saturated carbocycles. The van der Waals surface area contributed by atoms with Crippen molar-refractivity contribution in [2.75, 3.05) is 31.1 Å². The normalized spacial score (nSPS) is 15.1. The highest BCUT2D eigenvalue weighted by molar-refractivity contribution is 5.92. The Hall–Kier alpha value is -2.62. The highest BCUT2D eigenvalue weighted by Crippen LogP contribution is 2.21. The molecule has 2 aromatic rings. The fourth-order valence-corrected chi connectivity index (χ4v) is 2.96. The number of para-hydroxylation sites is 1. The number of rotatable bonds is 3. The summed E-state index contributed by atoms with van der Waals surface area (Å²) < 4.78 is 13.6. The van der Waals surface area contributed by atoms with Gasteiger partial charge in [-0.15, -0.1) is 0 Å². The highest BCUT2D eigenvalue weighted by Gasteiger charge is 2.20. The van der Waals surface area contributed by atoms with E-state index < -0.39 is 0 Å². The number of nitrogens with zero attached hydrogens (tertiary/aromatic N) is 2. The summed E-state index contributed by atoms with van der Waals surface area (Å²) in [5, 5.41) is 0. The van der Waals surface area contributed by atoms with Crippen LogP contribution in [0.15, 0.2) is 54.6 Å². The first-order valence-corrected chi connectivity index (χ1v) is 8.17. The molecule has 0 N–H and O–H groups in total.